The van der Waals surface area contributed by atoms with Crippen molar-refractivity contribution < 1.29 is 0 Å². The number of halogens is 1. The SMILES string of the molecule is CC(C)(C)c1nc(Cl)cc(Cc2ccncc2)n1. The third-order valence-electron chi connectivity index (χ3n) is 2.55. The molecular formula is C14H16ClN3. The summed E-state index contributed by atoms with van der Waals surface area (Å²) in [5.74, 6) is 0.777. The summed E-state index contributed by atoms with van der Waals surface area (Å²) in [7, 11) is 0. The first-order chi connectivity index (χ1) is 8.45. The molecule has 2 heterocycles. The molecule has 0 aliphatic heterocycles. The monoisotopic (exact) mass is 261 g/mol. The zero-order valence-electron chi connectivity index (χ0n) is 10.8. The van der Waals surface area contributed by atoms with Gasteiger partial charge in [0.25, 0.3) is 0 Å². The lowest BCUT2D eigenvalue weighted by atomic mass is 9.95. The lowest BCUT2D eigenvalue weighted by molar-refractivity contribution is 0.542. The maximum atomic E-state index is 6.06. The van der Waals surface area contributed by atoms with Gasteiger partial charge in [0.2, 0.25) is 0 Å². The van der Waals surface area contributed by atoms with E-state index in [0.717, 1.165) is 17.9 Å². The van der Waals surface area contributed by atoms with Gasteiger partial charge in [-0.3, -0.25) is 4.98 Å². The van der Waals surface area contributed by atoms with Crippen LogP contribution in [-0.4, -0.2) is 15.0 Å². The first kappa shape index (κ1) is 13.0. The van der Waals surface area contributed by atoms with Crippen LogP contribution in [0.2, 0.25) is 5.15 Å². The van der Waals surface area contributed by atoms with E-state index in [9.17, 15) is 0 Å². The Balaban J connectivity index is 2.32. The van der Waals surface area contributed by atoms with Gasteiger partial charge in [-0.05, 0) is 23.8 Å². The Hall–Kier alpha value is -1.48. The summed E-state index contributed by atoms with van der Waals surface area (Å²) in [5, 5.41) is 0.499. The minimum absolute atomic E-state index is 0.0993. The van der Waals surface area contributed by atoms with Crippen molar-refractivity contribution in [2.75, 3.05) is 0 Å². The van der Waals surface area contributed by atoms with Crippen molar-refractivity contribution in [3.8, 4) is 0 Å². The second-order valence-corrected chi connectivity index (χ2v) is 5.68. The number of pyridine rings is 1. The molecule has 0 bridgehead atoms. The van der Waals surface area contributed by atoms with E-state index in [1.54, 1.807) is 12.4 Å². The van der Waals surface area contributed by atoms with Crippen LogP contribution in [-0.2, 0) is 11.8 Å². The van der Waals surface area contributed by atoms with E-state index >= 15 is 0 Å². The van der Waals surface area contributed by atoms with E-state index in [1.165, 1.54) is 5.56 Å². The fourth-order valence-corrected chi connectivity index (χ4v) is 1.81. The van der Waals surface area contributed by atoms with Gasteiger partial charge >= 0.3 is 0 Å². The Labute approximate surface area is 112 Å². The molecule has 2 aromatic rings. The highest BCUT2D eigenvalue weighted by atomic mass is 35.5. The van der Waals surface area contributed by atoms with Crippen molar-refractivity contribution in [1.29, 1.82) is 0 Å². The van der Waals surface area contributed by atoms with Crippen LogP contribution in [0, 0.1) is 0 Å². The highest BCUT2D eigenvalue weighted by Crippen LogP contribution is 2.21. The van der Waals surface area contributed by atoms with E-state index in [1.807, 2.05) is 18.2 Å². The second-order valence-electron chi connectivity index (χ2n) is 5.29. The normalized spacial score (nSPS) is 11.6. The molecule has 0 aromatic carbocycles. The van der Waals surface area contributed by atoms with E-state index in [0.29, 0.717) is 5.15 Å². The molecule has 0 amide bonds. The lowest BCUT2D eigenvalue weighted by Crippen LogP contribution is -2.17. The highest BCUT2D eigenvalue weighted by Gasteiger charge is 2.18. The molecular weight excluding hydrogens is 246 g/mol. The van der Waals surface area contributed by atoms with E-state index < -0.39 is 0 Å². The van der Waals surface area contributed by atoms with Crippen molar-refractivity contribution >= 4 is 11.6 Å². The van der Waals surface area contributed by atoms with E-state index in [-0.39, 0.29) is 5.41 Å². The van der Waals surface area contributed by atoms with Crippen molar-refractivity contribution in [2.45, 2.75) is 32.6 Å². The molecule has 2 rings (SSSR count). The molecule has 0 saturated heterocycles. The third-order valence-corrected chi connectivity index (χ3v) is 2.75. The summed E-state index contributed by atoms with van der Waals surface area (Å²) >= 11 is 6.06. The average molecular weight is 262 g/mol. The fraction of sp³-hybridized carbons (Fsp3) is 0.357. The zero-order valence-corrected chi connectivity index (χ0v) is 11.6. The highest BCUT2D eigenvalue weighted by molar-refractivity contribution is 6.29. The molecule has 3 nitrogen and oxygen atoms in total. The van der Waals surface area contributed by atoms with Crippen LogP contribution in [0.1, 0.15) is 37.9 Å². The van der Waals surface area contributed by atoms with Gasteiger partial charge in [-0.15, -0.1) is 0 Å². The molecule has 0 radical (unpaired) electrons. The molecule has 0 unspecified atom stereocenters. The number of nitrogens with zero attached hydrogens (tertiary/aromatic N) is 3. The van der Waals surface area contributed by atoms with Crippen molar-refractivity contribution in [3.63, 3.8) is 0 Å². The van der Waals surface area contributed by atoms with Gasteiger partial charge in [0.15, 0.2) is 0 Å². The van der Waals surface area contributed by atoms with Gasteiger partial charge in [0, 0.05) is 29.9 Å². The summed E-state index contributed by atoms with van der Waals surface area (Å²) in [6.07, 6.45) is 4.31. The van der Waals surface area contributed by atoms with Crippen LogP contribution < -0.4 is 0 Å². The van der Waals surface area contributed by atoms with E-state index in [2.05, 4.69) is 35.7 Å². The van der Waals surface area contributed by atoms with Gasteiger partial charge in [-0.25, -0.2) is 9.97 Å². The number of rotatable bonds is 2. The molecule has 0 aliphatic carbocycles. The molecule has 0 saturated carbocycles. The van der Waals surface area contributed by atoms with Gasteiger partial charge < -0.3 is 0 Å². The van der Waals surface area contributed by atoms with Crippen LogP contribution in [0.25, 0.3) is 0 Å². The van der Waals surface area contributed by atoms with Crippen molar-refractivity contribution in [3.05, 3.63) is 52.8 Å². The maximum absolute atomic E-state index is 6.06. The van der Waals surface area contributed by atoms with Crippen LogP contribution in [0.4, 0.5) is 0 Å². The molecule has 0 aliphatic rings. The number of hydrogen-bond acceptors (Lipinski definition) is 3. The standard InChI is InChI=1S/C14H16ClN3/c1-14(2,3)13-17-11(9-12(15)18-13)8-10-4-6-16-7-5-10/h4-7,9H,8H2,1-3H3. The summed E-state index contributed by atoms with van der Waals surface area (Å²) in [6, 6.07) is 5.77. The maximum Gasteiger partial charge on any atom is 0.135 e. The first-order valence-electron chi connectivity index (χ1n) is 5.88. The third kappa shape index (κ3) is 3.26. The summed E-state index contributed by atoms with van der Waals surface area (Å²) < 4.78 is 0. The molecule has 94 valence electrons. The average Bonchev–Trinajstić information content (AvgIpc) is 2.28. The topological polar surface area (TPSA) is 38.7 Å². The van der Waals surface area contributed by atoms with Crippen LogP contribution in [0.3, 0.4) is 0 Å². The quantitative estimate of drug-likeness (QED) is 0.778. The van der Waals surface area contributed by atoms with Crippen LogP contribution in [0.15, 0.2) is 30.6 Å². The van der Waals surface area contributed by atoms with Gasteiger partial charge in [0.05, 0.1) is 0 Å². The largest absolute Gasteiger partial charge is 0.265 e. The Bertz CT molecular complexity index is 532. The van der Waals surface area contributed by atoms with Crippen molar-refractivity contribution in [1.82, 2.24) is 15.0 Å². The molecule has 4 heteroatoms. The summed E-state index contributed by atoms with van der Waals surface area (Å²) in [4.78, 5) is 12.9. The molecule has 2 aromatic heterocycles. The predicted octanol–water partition coefficient (Wildman–Crippen LogP) is 3.41. The van der Waals surface area contributed by atoms with Crippen LogP contribution >= 0.6 is 11.6 Å². The molecule has 0 spiro atoms. The van der Waals surface area contributed by atoms with E-state index in [4.69, 9.17) is 11.6 Å². The molecule has 0 fully saturated rings. The van der Waals surface area contributed by atoms with Gasteiger partial charge in [-0.2, -0.15) is 0 Å². The minimum atomic E-state index is -0.0993. The number of aromatic nitrogens is 3. The van der Waals surface area contributed by atoms with Crippen molar-refractivity contribution in [2.24, 2.45) is 0 Å². The lowest BCUT2D eigenvalue weighted by Gasteiger charge is -2.17. The fourth-order valence-electron chi connectivity index (χ4n) is 1.60. The zero-order chi connectivity index (χ0) is 13.2. The Morgan fingerprint density at radius 2 is 1.78 bits per heavy atom. The second kappa shape index (κ2) is 5.02. The van der Waals surface area contributed by atoms with Gasteiger partial charge in [0.1, 0.15) is 11.0 Å². The number of hydrogen-bond donors (Lipinski definition) is 0. The summed E-state index contributed by atoms with van der Waals surface area (Å²) in [6.45, 7) is 6.23. The molecule has 0 atom stereocenters. The Morgan fingerprint density at radius 3 is 2.39 bits per heavy atom. The smallest absolute Gasteiger partial charge is 0.135 e. The Kier molecular flexibility index (Phi) is 3.62. The van der Waals surface area contributed by atoms with Gasteiger partial charge in [-0.1, -0.05) is 32.4 Å². The molecule has 18 heavy (non-hydrogen) atoms. The predicted molar refractivity (Wildman–Crippen MR) is 72.8 cm³/mol. The first-order valence-corrected chi connectivity index (χ1v) is 6.26. The summed E-state index contributed by atoms with van der Waals surface area (Å²) in [5.41, 5.74) is 2.00. The Morgan fingerprint density at radius 1 is 1.11 bits per heavy atom. The van der Waals surface area contributed by atoms with Crippen LogP contribution in [0.5, 0.6) is 0 Å². The minimum Gasteiger partial charge on any atom is -0.265 e. The molecule has 0 N–H and O–H groups in total.